The quantitative estimate of drug-likeness (QED) is 0.830. The molecular weight excluding hydrogens is 218 g/mol. The first-order valence-corrected chi connectivity index (χ1v) is 5.52. The second kappa shape index (κ2) is 4.97. The third kappa shape index (κ3) is 2.62. The molecule has 5 heteroatoms. The Morgan fingerprint density at radius 2 is 2.41 bits per heavy atom. The highest BCUT2D eigenvalue weighted by Crippen LogP contribution is 2.14. The molecule has 1 amide bonds. The molecule has 2 rings (SSSR count). The molecule has 0 saturated carbocycles. The number of fused-ring (bicyclic) bond motifs is 1. The lowest BCUT2D eigenvalue weighted by molar-refractivity contribution is 0.0948. The topological polar surface area (TPSA) is 81.1 Å². The number of carbonyl (C=O) groups is 1. The Labute approximate surface area is 99.0 Å². The molecule has 0 radical (unpaired) electrons. The van der Waals surface area contributed by atoms with E-state index in [2.05, 4.69) is 10.3 Å². The van der Waals surface area contributed by atoms with Crippen LogP contribution in [0.15, 0.2) is 29.0 Å². The average Bonchev–Trinajstić information content (AvgIpc) is 2.82. The Bertz CT molecular complexity index is 521. The number of benzene rings is 1. The second-order valence-electron chi connectivity index (χ2n) is 4.09. The first-order chi connectivity index (χ1) is 8.20. The molecule has 1 heterocycles. The number of hydrogen-bond donors (Lipinski definition) is 2. The number of nitrogens with two attached hydrogens (primary N) is 1. The third-order valence-electron chi connectivity index (χ3n) is 2.61. The Morgan fingerprint density at radius 3 is 3.18 bits per heavy atom. The summed E-state index contributed by atoms with van der Waals surface area (Å²) in [5.41, 5.74) is 7.41. The lowest BCUT2D eigenvalue weighted by Crippen LogP contribution is -2.31. The summed E-state index contributed by atoms with van der Waals surface area (Å²) in [5, 5.41) is 2.83. The fourth-order valence-corrected chi connectivity index (χ4v) is 1.45. The van der Waals surface area contributed by atoms with E-state index in [1.807, 2.05) is 6.92 Å². The van der Waals surface area contributed by atoms with E-state index < -0.39 is 0 Å². The molecule has 0 fully saturated rings. The first kappa shape index (κ1) is 11.6. The highest BCUT2D eigenvalue weighted by atomic mass is 16.3. The van der Waals surface area contributed by atoms with Gasteiger partial charge < -0.3 is 15.5 Å². The van der Waals surface area contributed by atoms with Crippen molar-refractivity contribution in [2.75, 3.05) is 13.1 Å². The van der Waals surface area contributed by atoms with Gasteiger partial charge >= 0.3 is 0 Å². The standard InChI is InChI=1S/C12H15N3O2/c1-8(5-13)6-14-12(16)9-2-3-10-11(4-9)17-7-15-10/h2-4,7-8H,5-6,13H2,1H3,(H,14,16). The Morgan fingerprint density at radius 1 is 1.59 bits per heavy atom. The maximum absolute atomic E-state index is 11.8. The van der Waals surface area contributed by atoms with Crippen molar-refractivity contribution >= 4 is 17.0 Å². The third-order valence-corrected chi connectivity index (χ3v) is 2.61. The van der Waals surface area contributed by atoms with Crippen LogP contribution in [0.2, 0.25) is 0 Å². The van der Waals surface area contributed by atoms with Crippen molar-refractivity contribution in [3.63, 3.8) is 0 Å². The maximum Gasteiger partial charge on any atom is 0.251 e. The molecule has 0 aliphatic heterocycles. The summed E-state index contributed by atoms with van der Waals surface area (Å²) in [6.45, 7) is 3.12. The van der Waals surface area contributed by atoms with Gasteiger partial charge in [-0.3, -0.25) is 4.79 Å². The van der Waals surface area contributed by atoms with Crippen LogP contribution < -0.4 is 11.1 Å². The molecule has 1 aromatic heterocycles. The molecule has 17 heavy (non-hydrogen) atoms. The van der Waals surface area contributed by atoms with Gasteiger partial charge in [0.1, 0.15) is 5.52 Å². The van der Waals surface area contributed by atoms with Crippen LogP contribution in [0, 0.1) is 5.92 Å². The van der Waals surface area contributed by atoms with E-state index >= 15 is 0 Å². The summed E-state index contributed by atoms with van der Waals surface area (Å²) >= 11 is 0. The van der Waals surface area contributed by atoms with Crippen LogP contribution in [0.5, 0.6) is 0 Å². The first-order valence-electron chi connectivity index (χ1n) is 5.52. The van der Waals surface area contributed by atoms with Gasteiger partial charge in [-0.25, -0.2) is 4.98 Å². The van der Waals surface area contributed by atoms with E-state index in [4.69, 9.17) is 10.2 Å². The monoisotopic (exact) mass is 233 g/mol. The minimum absolute atomic E-state index is 0.122. The zero-order valence-electron chi connectivity index (χ0n) is 9.64. The molecule has 0 aliphatic rings. The van der Waals surface area contributed by atoms with Crippen LogP contribution in [0.3, 0.4) is 0 Å². The normalized spacial score (nSPS) is 12.6. The van der Waals surface area contributed by atoms with Crippen LogP contribution >= 0.6 is 0 Å². The number of rotatable bonds is 4. The lowest BCUT2D eigenvalue weighted by atomic mass is 10.1. The summed E-state index contributed by atoms with van der Waals surface area (Å²) in [5.74, 6) is 0.150. The Balaban J connectivity index is 2.08. The number of amides is 1. The highest BCUT2D eigenvalue weighted by molar-refractivity contribution is 5.96. The van der Waals surface area contributed by atoms with E-state index in [0.717, 1.165) is 5.52 Å². The van der Waals surface area contributed by atoms with Crippen molar-refractivity contribution in [1.29, 1.82) is 0 Å². The van der Waals surface area contributed by atoms with Crippen LogP contribution in [-0.2, 0) is 0 Å². The minimum Gasteiger partial charge on any atom is -0.443 e. The van der Waals surface area contributed by atoms with Crippen LogP contribution in [0.1, 0.15) is 17.3 Å². The number of nitrogens with zero attached hydrogens (tertiary/aromatic N) is 1. The van der Waals surface area contributed by atoms with Gasteiger partial charge in [0.05, 0.1) is 0 Å². The summed E-state index contributed by atoms with van der Waals surface area (Å²) in [6, 6.07) is 5.18. The largest absolute Gasteiger partial charge is 0.443 e. The molecule has 0 saturated heterocycles. The summed E-state index contributed by atoms with van der Waals surface area (Å²) in [4.78, 5) is 15.8. The number of carbonyl (C=O) groups excluding carboxylic acids is 1. The van der Waals surface area contributed by atoms with Gasteiger partial charge in [0, 0.05) is 12.1 Å². The molecule has 3 N–H and O–H groups in total. The lowest BCUT2D eigenvalue weighted by Gasteiger charge is -2.09. The molecule has 90 valence electrons. The molecule has 0 bridgehead atoms. The van der Waals surface area contributed by atoms with Crippen molar-refractivity contribution in [2.24, 2.45) is 11.7 Å². The van der Waals surface area contributed by atoms with Crippen molar-refractivity contribution < 1.29 is 9.21 Å². The van der Waals surface area contributed by atoms with Gasteiger partial charge in [0.25, 0.3) is 5.91 Å². The van der Waals surface area contributed by atoms with Gasteiger partial charge in [-0.15, -0.1) is 0 Å². The van der Waals surface area contributed by atoms with E-state index in [1.165, 1.54) is 6.39 Å². The predicted octanol–water partition coefficient (Wildman–Crippen LogP) is 1.15. The second-order valence-corrected chi connectivity index (χ2v) is 4.09. The molecule has 0 aliphatic carbocycles. The molecule has 1 unspecified atom stereocenters. The van der Waals surface area contributed by atoms with E-state index in [9.17, 15) is 4.79 Å². The van der Waals surface area contributed by atoms with Gasteiger partial charge in [-0.2, -0.15) is 0 Å². The van der Waals surface area contributed by atoms with E-state index in [0.29, 0.717) is 24.2 Å². The predicted molar refractivity (Wildman–Crippen MR) is 64.6 cm³/mol. The smallest absolute Gasteiger partial charge is 0.251 e. The molecular formula is C12H15N3O2. The molecule has 1 aromatic carbocycles. The van der Waals surface area contributed by atoms with Crippen molar-refractivity contribution in [1.82, 2.24) is 10.3 Å². The molecule has 2 aromatic rings. The van der Waals surface area contributed by atoms with Crippen LogP contribution in [0.25, 0.3) is 11.1 Å². The SMILES string of the molecule is CC(CN)CNC(=O)c1ccc2ncoc2c1. The number of hydrogen-bond acceptors (Lipinski definition) is 4. The number of aromatic nitrogens is 1. The zero-order chi connectivity index (χ0) is 12.3. The van der Waals surface area contributed by atoms with Gasteiger partial charge in [-0.05, 0) is 30.7 Å². The molecule has 5 nitrogen and oxygen atoms in total. The van der Waals surface area contributed by atoms with E-state index in [1.54, 1.807) is 18.2 Å². The van der Waals surface area contributed by atoms with Gasteiger partial charge in [0.2, 0.25) is 0 Å². The molecule has 0 spiro atoms. The minimum atomic E-state index is -0.122. The van der Waals surface area contributed by atoms with Crippen molar-refractivity contribution in [3.05, 3.63) is 30.2 Å². The van der Waals surface area contributed by atoms with Crippen LogP contribution in [-0.4, -0.2) is 24.0 Å². The van der Waals surface area contributed by atoms with Gasteiger partial charge in [0.15, 0.2) is 12.0 Å². The van der Waals surface area contributed by atoms with Crippen LogP contribution in [0.4, 0.5) is 0 Å². The zero-order valence-corrected chi connectivity index (χ0v) is 9.64. The fraction of sp³-hybridized carbons (Fsp3) is 0.333. The Hall–Kier alpha value is -1.88. The van der Waals surface area contributed by atoms with E-state index in [-0.39, 0.29) is 11.8 Å². The number of oxazole rings is 1. The van der Waals surface area contributed by atoms with Crippen molar-refractivity contribution in [2.45, 2.75) is 6.92 Å². The summed E-state index contributed by atoms with van der Waals surface area (Å²) in [7, 11) is 0. The maximum atomic E-state index is 11.8. The Kier molecular flexibility index (Phi) is 3.39. The van der Waals surface area contributed by atoms with Gasteiger partial charge in [-0.1, -0.05) is 6.92 Å². The number of nitrogens with one attached hydrogen (secondary N) is 1. The highest BCUT2D eigenvalue weighted by Gasteiger charge is 2.09. The van der Waals surface area contributed by atoms with Crippen molar-refractivity contribution in [3.8, 4) is 0 Å². The average molecular weight is 233 g/mol. The summed E-state index contributed by atoms with van der Waals surface area (Å²) in [6.07, 6.45) is 1.36. The fourth-order valence-electron chi connectivity index (χ4n) is 1.45. The summed E-state index contributed by atoms with van der Waals surface area (Å²) < 4.78 is 5.14. The molecule has 1 atom stereocenters.